The molecular formula is C33H52N7O12P. The van der Waals surface area contributed by atoms with E-state index in [1.165, 1.54) is 36.1 Å². The molecule has 1 saturated heterocycles. The topological polar surface area (TPSA) is 310 Å². The molecule has 53 heavy (non-hydrogen) atoms. The highest BCUT2D eigenvalue weighted by molar-refractivity contribution is 7.46. The molecule has 6 atom stereocenters. The number of carboxylic acid groups (broad SMARTS) is 1. The standard InChI is InChI=1S/C33H52N7O12P/c1-17(2)15-24(38-29(43)22(34)16-20-8-10-21(11-9-20)52-53(49,50)51)32(46)40-14-6-7-25(40)31(45)37-23(12-13-26(35)41)30(44)36-19(5)28(42)39-27(18(3)4)33(47)48/h8-11,17-19,22-25,27H,6-7,12-16,34H2,1-5H3,(H2,35,41)(H,36,44)(H,37,45)(H,38,43)(H,39,42)(H,47,48)(H2,49,50,51)/t19-,22-,23-,24-,25-,27-/m0/s1. The zero-order valence-corrected chi connectivity index (χ0v) is 31.3. The molecule has 0 spiro atoms. The number of hydrogen-bond acceptors (Lipinski definition) is 10. The van der Waals surface area contributed by atoms with Crippen LogP contribution in [0.3, 0.4) is 0 Å². The van der Waals surface area contributed by atoms with E-state index >= 15 is 0 Å². The number of carbonyl (C=O) groups is 7. The van der Waals surface area contributed by atoms with Crippen LogP contribution in [-0.2, 0) is 44.5 Å². The number of phosphoric acid groups is 1. The second-order valence-corrected chi connectivity index (χ2v) is 14.9. The Morgan fingerprint density at radius 3 is 2.06 bits per heavy atom. The number of carboxylic acids is 1. The number of carbonyl (C=O) groups excluding carboxylic acids is 6. The summed E-state index contributed by atoms with van der Waals surface area (Å²) in [5, 5.41) is 19.4. The van der Waals surface area contributed by atoms with Crippen molar-refractivity contribution in [3.63, 3.8) is 0 Å². The Kier molecular flexibility index (Phi) is 16.8. The first-order chi connectivity index (χ1) is 24.6. The molecule has 11 N–H and O–H groups in total. The van der Waals surface area contributed by atoms with E-state index in [0.717, 1.165) is 0 Å². The minimum Gasteiger partial charge on any atom is -0.480 e. The highest BCUT2D eigenvalue weighted by atomic mass is 31.2. The molecule has 19 nitrogen and oxygen atoms in total. The predicted octanol–water partition coefficient (Wildman–Crippen LogP) is -0.970. The van der Waals surface area contributed by atoms with Gasteiger partial charge in [0, 0.05) is 13.0 Å². The summed E-state index contributed by atoms with van der Waals surface area (Å²) in [4.78, 5) is 109. The van der Waals surface area contributed by atoms with Crippen LogP contribution in [0.25, 0.3) is 0 Å². The highest BCUT2D eigenvalue weighted by Crippen LogP contribution is 2.37. The van der Waals surface area contributed by atoms with E-state index in [-0.39, 0.29) is 50.3 Å². The van der Waals surface area contributed by atoms with Gasteiger partial charge in [0.1, 0.15) is 36.0 Å². The maximum Gasteiger partial charge on any atom is 0.524 e. The van der Waals surface area contributed by atoms with Gasteiger partial charge in [-0.3, -0.25) is 38.6 Å². The minimum absolute atomic E-state index is 0.0201. The summed E-state index contributed by atoms with van der Waals surface area (Å²) in [6.45, 7) is 8.39. The maximum absolute atomic E-state index is 13.9. The molecule has 0 radical (unpaired) electrons. The summed E-state index contributed by atoms with van der Waals surface area (Å²) in [7, 11) is -4.75. The lowest BCUT2D eigenvalue weighted by Gasteiger charge is -2.31. The Morgan fingerprint density at radius 2 is 1.53 bits per heavy atom. The van der Waals surface area contributed by atoms with Gasteiger partial charge in [-0.25, -0.2) is 9.36 Å². The van der Waals surface area contributed by atoms with Crippen molar-refractivity contribution in [1.82, 2.24) is 26.2 Å². The summed E-state index contributed by atoms with van der Waals surface area (Å²) in [6, 6.07) is -1.39. The second kappa shape index (κ2) is 20.0. The van der Waals surface area contributed by atoms with Crippen molar-refractivity contribution < 1.29 is 57.5 Å². The highest BCUT2D eigenvalue weighted by Gasteiger charge is 2.39. The number of phosphoric ester groups is 1. The molecule has 0 aromatic heterocycles. The molecule has 0 unspecified atom stereocenters. The first-order valence-corrected chi connectivity index (χ1v) is 18.7. The van der Waals surface area contributed by atoms with Gasteiger partial charge in [-0.1, -0.05) is 39.8 Å². The van der Waals surface area contributed by atoms with Crippen LogP contribution in [0.5, 0.6) is 5.75 Å². The zero-order chi connectivity index (χ0) is 40.2. The first kappa shape index (κ1) is 44.6. The molecule has 2 rings (SSSR count). The van der Waals surface area contributed by atoms with Gasteiger partial charge in [-0.05, 0) is 68.6 Å². The van der Waals surface area contributed by atoms with Crippen molar-refractivity contribution in [3.8, 4) is 5.75 Å². The summed E-state index contributed by atoms with van der Waals surface area (Å²) in [6.07, 6.45) is 0.370. The van der Waals surface area contributed by atoms with E-state index in [9.17, 15) is 43.2 Å². The third kappa shape index (κ3) is 14.8. The van der Waals surface area contributed by atoms with Crippen LogP contribution in [-0.4, -0.2) is 104 Å². The van der Waals surface area contributed by atoms with Crippen molar-refractivity contribution in [2.45, 2.75) is 109 Å². The van der Waals surface area contributed by atoms with Gasteiger partial charge in [-0.15, -0.1) is 0 Å². The quantitative estimate of drug-likeness (QED) is 0.0722. The number of amides is 6. The number of likely N-dealkylation sites (tertiary alicyclic amines) is 1. The van der Waals surface area contributed by atoms with E-state index in [4.69, 9.17) is 21.3 Å². The fraction of sp³-hybridized carbons (Fsp3) is 0.606. The predicted molar refractivity (Wildman–Crippen MR) is 189 cm³/mol. The van der Waals surface area contributed by atoms with Crippen molar-refractivity contribution in [2.24, 2.45) is 23.3 Å². The molecular weight excluding hydrogens is 717 g/mol. The average Bonchev–Trinajstić information content (AvgIpc) is 3.54. The fourth-order valence-electron chi connectivity index (χ4n) is 5.64. The fourth-order valence-corrected chi connectivity index (χ4v) is 6.04. The van der Waals surface area contributed by atoms with Crippen LogP contribution in [0.1, 0.15) is 72.3 Å². The minimum atomic E-state index is -4.75. The van der Waals surface area contributed by atoms with Gasteiger partial charge in [0.15, 0.2) is 0 Å². The summed E-state index contributed by atoms with van der Waals surface area (Å²) >= 11 is 0. The Bertz CT molecular complexity index is 1530. The Labute approximate surface area is 307 Å². The number of nitrogens with one attached hydrogen (secondary N) is 4. The maximum atomic E-state index is 13.9. The van der Waals surface area contributed by atoms with Crippen molar-refractivity contribution in [3.05, 3.63) is 29.8 Å². The molecule has 1 aliphatic heterocycles. The molecule has 20 heteroatoms. The summed E-state index contributed by atoms with van der Waals surface area (Å²) in [5.74, 6) is -6.12. The van der Waals surface area contributed by atoms with E-state index in [0.29, 0.717) is 12.0 Å². The Hall–Kier alpha value is -4.58. The molecule has 1 fully saturated rings. The van der Waals surface area contributed by atoms with Gasteiger partial charge in [0.25, 0.3) is 0 Å². The van der Waals surface area contributed by atoms with E-state index in [1.54, 1.807) is 13.8 Å². The number of aliphatic carboxylic acids is 1. The molecule has 1 aromatic rings. The molecule has 0 saturated carbocycles. The van der Waals surface area contributed by atoms with Gasteiger partial charge in [-0.2, -0.15) is 0 Å². The number of primary amides is 1. The number of nitrogens with zero attached hydrogens (tertiary/aromatic N) is 1. The van der Waals surface area contributed by atoms with Crippen molar-refractivity contribution in [2.75, 3.05) is 6.54 Å². The number of rotatable bonds is 20. The lowest BCUT2D eigenvalue weighted by Crippen LogP contribution is -2.59. The van der Waals surface area contributed by atoms with Gasteiger partial charge in [0.05, 0.1) is 6.04 Å². The van der Waals surface area contributed by atoms with Crippen LogP contribution in [0.15, 0.2) is 24.3 Å². The molecule has 1 heterocycles. The third-order valence-electron chi connectivity index (χ3n) is 8.40. The van der Waals surface area contributed by atoms with Gasteiger partial charge < -0.3 is 47.3 Å². The van der Waals surface area contributed by atoms with E-state index < -0.39 is 91.4 Å². The molecule has 0 bridgehead atoms. The second-order valence-electron chi connectivity index (χ2n) is 13.8. The van der Waals surface area contributed by atoms with Crippen LogP contribution in [0.4, 0.5) is 0 Å². The lowest BCUT2D eigenvalue weighted by molar-refractivity contribution is -0.143. The molecule has 1 aromatic carbocycles. The van der Waals surface area contributed by atoms with Crippen molar-refractivity contribution in [1.29, 1.82) is 0 Å². The lowest BCUT2D eigenvalue weighted by atomic mass is 10.0. The van der Waals surface area contributed by atoms with E-state index in [2.05, 4.69) is 25.8 Å². The molecule has 1 aliphatic rings. The number of hydrogen-bond donors (Lipinski definition) is 9. The molecule has 6 amide bonds. The third-order valence-corrected chi connectivity index (χ3v) is 8.84. The normalized spacial score (nSPS) is 17.2. The average molecular weight is 770 g/mol. The summed E-state index contributed by atoms with van der Waals surface area (Å²) < 4.78 is 15.6. The van der Waals surface area contributed by atoms with Gasteiger partial charge >= 0.3 is 13.8 Å². The molecule has 296 valence electrons. The van der Waals surface area contributed by atoms with Crippen LogP contribution >= 0.6 is 7.82 Å². The SMILES string of the molecule is CC(C)C[C@H](NC(=O)[C@@H](N)Cc1ccc(OP(=O)(O)O)cc1)C(=O)N1CCC[C@H]1C(=O)N[C@@H](CCC(N)=O)C(=O)N[C@@H](C)C(=O)N[C@H](C(=O)O)C(C)C. The van der Waals surface area contributed by atoms with Crippen LogP contribution < -0.4 is 37.3 Å². The smallest absolute Gasteiger partial charge is 0.480 e. The largest absolute Gasteiger partial charge is 0.524 e. The Balaban J connectivity index is 2.15. The van der Waals surface area contributed by atoms with E-state index in [1.807, 2.05) is 13.8 Å². The zero-order valence-electron chi connectivity index (χ0n) is 30.4. The molecule has 0 aliphatic carbocycles. The number of nitrogens with two attached hydrogens (primary N) is 2. The Morgan fingerprint density at radius 1 is 0.906 bits per heavy atom. The van der Waals surface area contributed by atoms with Crippen LogP contribution in [0.2, 0.25) is 0 Å². The first-order valence-electron chi connectivity index (χ1n) is 17.2. The monoisotopic (exact) mass is 769 g/mol. The number of benzene rings is 1. The van der Waals surface area contributed by atoms with Gasteiger partial charge in [0.2, 0.25) is 35.4 Å². The summed E-state index contributed by atoms with van der Waals surface area (Å²) in [5.41, 5.74) is 12.0. The van der Waals surface area contributed by atoms with Crippen molar-refractivity contribution >= 4 is 49.2 Å². The van der Waals surface area contributed by atoms with Crippen LogP contribution in [0, 0.1) is 11.8 Å².